The van der Waals surface area contributed by atoms with E-state index in [9.17, 15) is 0 Å². The van der Waals surface area contributed by atoms with E-state index in [-0.39, 0.29) is 0 Å². The summed E-state index contributed by atoms with van der Waals surface area (Å²) in [6.45, 7) is 9.43. The molecular weight excluding hydrogens is 288 g/mol. The van der Waals surface area contributed by atoms with E-state index in [1.807, 2.05) is 0 Å². The third kappa shape index (κ3) is 4.21. The van der Waals surface area contributed by atoms with Crippen LogP contribution < -0.4 is 0 Å². The van der Waals surface area contributed by atoms with E-state index in [0.717, 1.165) is 35.0 Å². The summed E-state index contributed by atoms with van der Waals surface area (Å²) in [6.07, 6.45) is 19.8. The van der Waals surface area contributed by atoms with Gasteiger partial charge in [0.15, 0.2) is 0 Å². The minimum atomic E-state index is 0.809. The van der Waals surface area contributed by atoms with Gasteiger partial charge in [0, 0.05) is 0 Å². The highest BCUT2D eigenvalue weighted by molar-refractivity contribution is 5.03. The first kappa shape index (κ1) is 18.8. The summed E-state index contributed by atoms with van der Waals surface area (Å²) < 4.78 is 0. The van der Waals surface area contributed by atoms with E-state index in [1.165, 1.54) is 44.9 Å². The van der Waals surface area contributed by atoms with Crippen molar-refractivity contribution in [3.63, 3.8) is 0 Å². The molecule has 0 spiro atoms. The lowest BCUT2D eigenvalue weighted by atomic mass is 9.46. The van der Waals surface area contributed by atoms with Gasteiger partial charge in [-0.15, -0.1) is 0 Å². The van der Waals surface area contributed by atoms with Gasteiger partial charge >= 0.3 is 0 Å². The van der Waals surface area contributed by atoms with E-state index >= 15 is 0 Å². The zero-order valence-corrected chi connectivity index (χ0v) is 17.1. The molecule has 1 unspecified atom stereocenters. The molecule has 0 amide bonds. The van der Waals surface area contributed by atoms with Crippen molar-refractivity contribution < 1.29 is 0 Å². The van der Waals surface area contributed by atoms with Crippen molar-refractivity contribution in [3.8, 4) is 0 Å². The fourth-order valence-corrected chi connectivity index (χ4v) is 7.10. The van der Waals surface area contributed by atoms with Gasteiger partial charge in [0.2, 0.25) is 0 Å². The maximum Gasteiger partial charge on any atom is -0.0264 e. The number of unbranched alkanes of at least 4 members (excludes halogenated alkanes) is 1. The fourth-order valence-electron chi connectivity index (χ4n) is 7.10. The highest BCUT2D eigenvalue weighted by Gasteiger charge is 2.52. The molecule has 5 aliphatic carbocycles. The zero-order valence-electron chi connectivity index (χ0n) is 17.1. The van der Waals surface area contributed by atoms with Gasteiger partial charge < -0.3 is 0 Å². The van der Waals surface area contributed by atoms with Crippen molar-refractivity contribution in [2.24, 2.45) is 35.0 Å². The second-order valence-corrected chi connectivity index (χ2v) is 10.4. The Morgan fingerprint density at radius 3 is 1.79 bits per heavy atom. The molecule has 1 radical (unpaired) electrons. The average molecular weight is 332 g/mol. The van der Waals surface area contributed by atoms with Crippen LogP contribution in [0, 0.1) is 40.9 Å². The molecule has 5 aliphatic rings. The molecule has 139 valence electrons. The van der Waals surface area contributed by atoms with Gasteiger partial charge in [-0.1, -0.05) is 59.8 Å². The molecular formula is C24H43. The first-order chi connectivity index (χ1) is 11.5. The van der Waals surface area contributed by atoms with Crippen LogP contribution in [0.1, 0.15) is 111 Å². The van der Waals surface area contributed by atoms with Crippen molar-refractivity contribution in [1.29, 1.82) is 0 Å². The van der Waals surface area contributed by atoms with Crippen LogP contribution in [0.2, 0.25) is 0 Å². The molecule has 0 aromatic heterocycles. The van der Waals surface area contributed by atoms with Crippen LogP contribution in [0.5, 0.6) is 0 Å². The van der Waals surface area contributed by atoms with Gasteiger partial charge in [0.1, 0.15) is 0 Å². The van der Waals surface area contributed by atoms with Gasteiger partial charge in [-0.05, 0) is 92.3 Å². The van der Waals surface area contributed by atoms with Crippen molar-refractivity contribution >= 4 is 0 Å². The van der Waals surface area contributed by atoms with Crippen molar-refractivity contribution in [2.75, 3.05) is 0 Å². The third-order valence-electron chi connectivity index (χ3n) is 8.29. The Kier molecular flexibility index (Phi) is 6.36. The van der Waals surface area contributed by atoms with Crippen LogP contribution in [0.3, 0.4) is 0 Å². The Balaban J connectivity index is 0.000000179. The van der Waals surface area contributed by atoms with Crippen LogP contribution in [-0.2, 0) is 0 Å². The molecule has 24 heavy (non-hydrogen) atoms. The first-order valence-electron chi connectivity index (χ1n) is 11.3. The molecule has 4 bridgehead atoms. The maximum absolute atomic E-state index is 2.57. The van der Waals surface area contributed by atoms with Crippen LogP contribution in [0.4, 0.5) is 0 Å². The number of hydrogen-bond acceptors (Lipinski definition) is 0. The fraction of sp³-hybridized carbons (Fsp3) is 0.958. The lowest BCUT2D eigenvalue weighted by Gasteiger charge is -2.59. The lowest BCUT2D eigenvalue weighted by molar-refractivity contribution is -0.0850. The maximum atomic E-state index is 2.57. The molecule has 0 heteroatoms. The summed E-state index contributed by atoms with van der Waals surface area (Å²) in [4.78, 5) is 0. The molecule has 0 N–H and O–H groups in total. The Labute approximate surface area is 152 Å². The molecule has 5 fully saturated rings. The van der Waals surface area contributed by atoms with E-state index < -0.39 is 0 Å². The minimum absolute atomic E-state index is 0.809. The predicted octanol–water partition coefficient (Wildman–Crippen LogP) is 7.82. The SMILES string of the molecule is CCCCC(C)C12CC3CC(CC(C3)C1)C2.C[C](C)C1CCCC1. The lowest BCUT2D eigenvalue weighted by Crippen LogP contribution is -2.49. The highest BCUT2D eigenvalue weighted by atomic mass is 14.6. The topological polar surface area (TPSA) is 0 Å². The van der Waals surface area contributed by atoms with Crippen LogP contribution >= 0.6 is 0 Å². The zero-order chi connectivity index (χ0) is 17.2. The largest absolute Gasteiger partial charge is 0.0654 e. The van der Waals surface area contributed by atoms with Crippen molar-refractivity contribution in [2.45, 2.75) is 111 Å². The average Bonchev–Trinajstić information content (AvgIpc) is 3.06. The molecule has 0 heterocycles. The standard InChI is InChI=1S/C16H28.C8H15/c1-3-4-5-12(2)16-9-13-6-14(10-16)8-15(7-13)11-16;1-7(2)8-5-3-4-6-8/h12-15H,3-11H2,1-2H3;8H,3-6H2,1-2H3. The normalized spacial score (nSPS) is 39.1. The van der Waals surface area contributed by atoms with E-state index in [2.05, 4.69) is 27.7 Å². The van der Waals surface area contributed by atoms with Crippen LogP contribution in [-0.4, -0.2) is 0 Å². The number of hydrogen-bond donors (Lipinski definition) is 0. The van der Waals surface area contributed by atoms with Crippen molar-refractivity contribution in [1.82, 2.24) is 0 Å². The Bertz CT molecular complexity index is 338. The first-order valence-corrected chi connectivity index (χ1v) is 11.3. The highest BCUT2D eigenvalue weighted by Crippen LogP contribution is 2.63. The summed E-state index contributed by atoms with van der Waals surface area (Å²) in [6, 6.07) is 0. The van der Waals surface area contributed by atoms with Gasteiger partial charge in [0.05, 0.1) is 0 Å². The van der Waals surface area contributed by atoms with E-state index in [0.29, 0.717) is 0 Å². The second-order valence-electron chi connectivity index (χ2n) is 10.4. The van der Waals surface area contributed by atoms with Crippen molar-refractivity contribution in [3.05, 3.63) is 5.92 Å². The quantitative estimate of drug-likeness (QED) is 0.481. The molecule has 0 saturated heterocycles. The summed E-state index contributed by atoms with van der Waals surface area (Å²) >= 11 is 0. The molecule has 0 aromatic rings. The van der Waals surface area contributed by atoms with Crippen LogP contribution in [0.15, 0.2) is 0 Å². The summed E-state index contributed by atoms with van der Waals surface area (Å²) in [5, 5.41) is 0. The third-order valence-corrected chi connectivity index (χ3v) is 8.29. The Morgan fingerprint density at radius 2 is 1.42 bits per heavy atom. The Hall–Kier alpha value is 0. The molecule has 0 aliphatic heterocycles. The van der Waals surface area contributed by atoms with Gasteiger partial charge in [-0.3, -0.25) is 0 Å². The van der Waals surface area contributed by atoms with E-state index in [1.54, 1.807) is 44.4 Å². The monoisotopic (exact) mass is 331 g/mol. The second kappa shape index (κ2) is 8.13. The number of rotatable bonds is 5. The Morgan fingerprint density at radius 1 is 0.917 bits per heavy atom. The molecule has 0 aromatic carbocycles. The minimum Gasteiger partial charge on any atom is -0.0654 e. The van der Waals surface area contributed by atoms with Gasteiger partial charge in [-0.2, -0.15) is 0 Å². The van der Waals surface area contributed by atoms with Gasteiger partial charge in [0.25, 0.3) is 0 Å². The molecule has 5 saturated carbocycles. The summed E-state index contributed by atoms with van der Waals surface area (Å²) in [5.74, 6) is 7.04. The summed E-state index contributed by atoms with van der Waals surface area (Å²) in [7, 11) is 0. The van der Waals surface area contributed by atoms with Crippen LogP contribution in [0.25, 0.3) is 0 Å². The molecule has 1 atom stereocenters. The molecule has 0 nitrogen and oxygen atoms in total. The predicted molar refractivity (Wildman–Crippen MR) is 106 cm³/mol. The smallest absolute Gasteiger partial charge is 0.0264 e. The van der Waals surface area contributed by atoms with E-state index in [4.69, 9.17) is 0 Å². The molecule has 5 rings (SSSR count). The van der Waals surface area contributed by atoms with Gasteiger partial charge in [-0.25, -0.2) is 0 Å². The summed E-state index contributed by atoms with van der Waals surface area (Å²) in [5.41, 5.74) is 0.809.